The lowest BCUT2D eigenvalue weighted by Crippen LogP contribution is -2.42. The quantitative estimate of drug-likeness (QED) is 0.688. The number of carbonyl (C=O) groups is 2. The molecule has 0 heterocycles. The fraction of sp³-hybridized carbons (Fsp3) is 0.364. The van der Waals surface area contributed by atoms with Gasteiger partial charge < -0.3 is 19.9 Å². The predicted octanol–water partition coefficient (Wildman–Crippen LogP) is 3.65. The molecule has 0 spiro atoms. The van der Waals surface area contributed by atoms with Crippen LogP contribution in [0.5, 0.6) is 5.75 Å². The van der Waals surface area contributed by atoms with Gasteiger partial charge in [0.15, 0.2) is 0 Å². The van der Waals surface area contributed by atoms with Crippen LogP contribution in [0.1, 0.15) is 43.1 Å². The number of carbonyl (C=O) groups excluding carboxylic acids is 1. The zero-order chi connectivity index (χ0) is 20.6. The number of benzene rings is 2. The van der Waals surface area contributed by atoms with Gasteiger partial charge in [0.05, 0.1) is 5.60 Å². The minimum atomic E-state index is -1.09. The maximum Gasteiger partial charge on any atom is 0.326 e. The highest BCUT2D eigenvalue weighted by molar-refractivity contribution is 5.96. The van der Waals surface area contributed by atoms with Crippen LogP contribution in [0.2, 0.25) is 0 Å². The lowest BCUT2D eigenvalue weighted by atomic mass is 10.1. The number of nitrogens with one attached hydrogen (secondary N) is 1. The van der Waals surface area contributed by atoms with Gasteiger partial charge in [-0.1, -0.05) is 30.3 Å². The second-order valence-electron chi connectivity index (χ2n) is 7.41. The van der Waals surface area contributed by atoms with Gasteiger partial charge in [0.2, 0.25) is 0 Å². The van der Waals surface area contributed by atoms with Crippen molar-refractivity contribution in [1.29, 1.82) is 0 Å². The minimum absolute atomic E-state index is 0.191. The normalized spacial score (nSPS) is 12.2. The Morgan fingerprint density at radius 2 is 1.68 bits per heavy atom. The Morgan fingerprint density at radius 3 is 2.25 bits per heavy atom. The molecule has 28 heavy (non-hydrogen) atoms. The molecule has 0 aromatic heterocycles. The second-order valence-corrected chi connectivity index (χ2v) is 7.41. The summed E-state index contributed by atoms with van der Waals surface area (Å²) in [5.74, 6) is -0.903. The molecule has 1 unspecified atom stereocenters. The van der Waals surface area contributed by atoms with Gasteiger partial charge in [-0.2, -0.15) is 0 Å². The van der Waals surface area contributed by atoms with Gasteiger partial charge in [-0.15, -0.1) is 0 Å². The van der Waals surface area contributed by atoms with Crippen molar-refractivity contribution in [3.8, 4) is 5.75 Å². The molecular formula is C22H27NO5. The van der Waals surface area contributed by atoms with Crippen LogP contribution in [0.25, 0.3) is 0 Å². The summed E-state index contributed by atoms with van der Waals surface area (Å²) in [6.45, 7) is 6.35. The Kier molecular flexibility index (Phi) is 7.58. The van der Waals surface area contributed by atoms with Crippen LogP contribution in [0.15, 0.2) is 54.6 Å². The molecule has 2 aromatic rings. The van der Waals surface area contributed by atoms with Crippen molar-refractivity contribution in [1.82, 2.24) is 5.32 Å². The van der Waals surface area contributed by atoms with E-state index in [1.807, 2.05) is 51.1 Å². The number of hydrogen-bond donors (Lipinski definition) is 2. The molecule has 0 radical (unpaired) electrons. The van der Waals surface area contributed by atoms with E-state index in [9.17, 15) is 14.7 Å². The van der Waals surface area contributed by atoms with Crippen molar-refractivity contribution < 1.29 is 24.2 Å². The van der Waals surface area contributed by atoms with E-state index in [1.165, 1.54) is 0 Å². The van der Waals surface area contributed by atoms with Crippen molar-refractivity contribution in [2.24, 2.45) is 0 Å². The maximum absolute atomic E-state index is 12.4. The Balaban J connectivity index is 1.88. The summed E-state index contributed by atoms with van der Waals surface area (Å²) < 4.78 is 11.2. The minimum Gasteiger partial charge on any atom is -0.489 e. The van der Waals surface area contributed by atoms with Crippen LogP contribution >= 0.6 is 0 Å². The highest BCUT2D eigenvalue weighted by atomic mass is 16.5. The summed E-state index contributed by atoms with van der Waals surface area (Å²) in [5, 5.41) is 11.9. The summed E-state index contributed by atoms with van der Waals surface area (Å²) in [5.41, 5.74) is 1.06. The Hall–Kier alpha value is -2.86. The zero-order valence-electron chi connectivity index (χ0n) is 16.5. The second kappa shape index (κ2) is 9.90. The van der Waals surface area contributed by atoms with Crippen molar-refractivity contribution in [3.63, 3.8) is 0 Å². The highest BCUT2D eigenvalue weighted by Crippen LogP contribution is 2.15. The molecule has 0 saturated heterocycles. The van der Waals surface area contributed by atoms with Crippen LogP contribution in [-0.2, 0) is 16.1 Å². The fourth-order valence-corrected chi connectivity index (χ4v) is 2.43. The number of hydrogen-bond acceptors (Lipinski definition) is 4. The Bertz CT molecular complexity index is 766. The van der Waals surface area contributed by atoms with Crippen molar-refractivity contribution in [2.45, 2.75) is 45.4 Å². The molecule has 1 amide bonds. The predicted molar refractivity (Wildman–Crippen MR) is 106 cm³/mol. The van der Waals surface area contributed by atoms with Crippen molar-refractivity contribution in [3.05, 3.63) is 65.7 Å². The first kappa shape index (κ1) is 21.4. The molecule has 0 aliphatic heterocycles. The molecular weight excluding hydrogens is 358 g/mol. The van der Waals surface area contributed by atoms with Crippen LogP contribution < -0.4 is 10.1 Å². The van der Waals surface area contributed by atoms with Crippen molar-refractivity contribution in [2.75, 3.05) is 6.61 Å². The van der Waals surface area contributed by atoms with Crippen molar-refractivity contribution >= 4 is 11.9 Å². The van der Waals surface area contributed by atoms with Gasteiger partial charge in [0.25, 0.3) is 5.91 Å². The summed E-state index contributed by atoms with van der Waals surface area (Å²) in [6, 6.07) is 15.4. The lowest BCUT2D eigenvalue weighted by molar-refractivity contribution is -0.140. The van der Waals surface area contributed by atoms with E-state index in [4.69, 9.17) is 9.47 Å². The molecule has 150 valence electrons. The number of aliphatic carboxylic acids is 1. The molecule has 2 N–H and O–H groups in total. The summed E-state index contributed by atoms with van der Waals surface area (Å²) in [6.07, 6.45) is 0.191. The van der Waals surface area contributed by atoms with Gasteiger partial charge in [0.1, 0.15) is 18.4 Å². The molecule has 1 atom stereocenters. The Labute approximate surface area is 165 Å². The monoisotopic (exact) mass is 385 g/mol. The lowest BCUT2D eigenvalue weighted by Gasteiger charge is -2.21. The van der Waals surface area contributed by atoms with E-state index in [1.54, 1.807) is 24.3 Å². The molecule has 0 bridgehead atoms. The molecule has 0 fully saturated rings. The van der Waals surface area contributed by atoms with E-state index in [2.05, 4.69) is 5.32 Å². The molecule has 0 saturated carbocycles. The van der Waals surface area contributed by atoms with Crippen LogP contribution in [0, 0.1) is 0 Å². The third kappa shape index (κ3) is 7.40. The highest BCUT2D eigenvalue weighted by Gasteiger charge is 2.21. The number of rotatable bonds is 9. The molecule has 0 aliphatic carbocycles. The number of amides is 1. The van der Waals surface area contributed by atoms with Gasteiger partial charge in [-0.3, -0.25) is 4.79 Å². The third-order valence-electron chi connectivity index (χ3n) is 3.91. The zero-order valence-corrected chi connectivity index (χ0v) is 16.5. The number of carboxylic acids is 1. The molecule has 6 heteroatoms. The smallest absolute Gasteiger partial charge is 0.326 e. The van der Waals surface area contributed by atoms with Crippen LogP contribution in [-0.4, -0.2) is 35.2 Å². The third-order valence-corrected chi connectivity index (χ3v) is 3.91. The molecule has 2 aromatic carbocycles. The SMILES string of the molecule is CC(C)(C)OCCC(NC(=O)c1ccc(OCc2ccccc2)cc1)C(=O)O. The maximum atomic E-state index is 12.4. The summed E-state index contributed by atoms with van der Waals surface area (Å²) in [4.78, 5) is 23.8. The summed E-state index contributed by atoms with van der Waals surface area (Å²) in [7, 11) is 0. The molecule has 2 rings (SSSR count). The average Bonchev–Trinajstić information content (AvgIpc) is 2.65. The van der Waals surface area contributed by atoms with E-state index >= 15 is 0 Å². The standard InChI is InChI=1S/C22H27NO5/c1-22(2,3)28-14-13-19(21(25)26)23-20(24)17-9-11-18(12-10-17)27-15-16-7-5-4-6-8-16/h4-12,19H,13-15H2,1-3H3,(H,23,24)(H,25,26). The van der Waals surface area contributed by atoms with Gasteiger partial charge >= 0.3 is 5.97 Å². The largest absolute Gasteiger partial charge is 0.489 e. The summed E-state index contributed by atoms with van der Waals surface area (Å²) >= 11 is 0. The molecule has 6 nitrogen and oxygen atoms in total. The van der Waals surface area contributed by atoms with Gasteiger partial charge in [0, 0.05) is 18.6 Å². The van der Waals surface area contributed by atoms with Crippen LogP contribution in [0.3, 0.4) is 0 Å². The first-order valence-electron chi connectivity index (χ1n) is 9.19. The molecule has 0 aliphatic rings. The topological polar surface area (TPSA) is 84.9 Å². The Morgan fingerprint density at radius 1 is 1.04 bits per heavy atom. The number of ether oxygens (including phenoxy) is 2. The average molecular weight is 385 g/mol. The fourth-order valence-electron chi connectivity index (χ4n) is 2.43. The van der Waals surface area contributed by atoms with E-state index in [-0.39, 0.29) is 18.6 Å². The van der Waals surface area contributed by atoms with Crippen LogP contribution in [0.4, 0.5) is 0 Å². The first-order valence-corrected chi connectivity index (χ1v) is 9.19. The van der Waals surface area contributed by atoms with Gasteiger partial charge in [-0.25, -0.2) is 4.79 Å². The number of carboxylic acid groups (broad SMARTS) is 1. The van der Waals surface area contributed by atoms with E-state index < -0.39 is 17.9 Å². The first-order chi connectivity index (χ1) is 13.2. The van der Waals surface area contributed by atoms with E-state index in [0.717, 1.165) is 5.56 Å². The van der Waals surface area contributed by atoms with Gasteiger partial charge in [-0.05, 0) is 50.6 Å². The van der Waals surface area contributed by atoms with E-state index in [0.29, 0.717) is 17.9 Å².